The highest BCUT2D eigenvalue weighted by molar-refractivity contribution is 7.91. The number of sulfone groups is 1. The Hall–Kier alpha value is -2.29. The quantitative estimate of drug-likeness (QED) is 0.736. The lowest BCUT2D eigenvalue weighted by atomic mass is 10.2. The van der Waals surface area contributed by atoms with Gasteiger partial charge in [0.05, 0.1) is 17.1 Å². The van der Waals surface area contributed by atoms with Crippen molar-refractivity contribution in [1.82, 2.24) is 19.9 Å². The first kappa shape index (κ1) is 19.0. The van der Waals surface area contributed by atoms with Crippen molar-refractivity contribution in [3.8, 4) is 0 Å². The van der Waals surface area contributed by atoms with Gasteiger partial charge in [-0.1, -0.05) is 17.3 Å². The molecule has 1 amide bonds. The largest absolute Gasteiger partial charge is 0.341 e. The second kappa shape index (κ2) is 7.73. The fourth-order valence-corrected chi connectivity index (χ4v) is 3.84. The van der Waals surface area contributed by atoms with Gasteiger partial charge in [-0.25, -0.2) is 17.5 Å². The summed E-state index contributed by atoms with van der Waals surface area (Å²) in [5.41, 5.74) is 1.76. The van der Waals surface area contributed by atoms with Crippen molar-refractivity contribution in [2.45, 2.75) is 32.7 Å². The fraction of sp³-hybridized carbons (Fsp3) is 0.438. The predicted molar refractivity (Wildman–Crippen MR) is 90.8 cm³/mol. The van der Waals surface area contributed by atoms with Gasteiger partial charge in [0.1, 0.15) is 11.6 Å². The molecule has 0 spiro atoms. The number of amides is 1. The van der Waals surface area contributed by atoms with E-state index in [1.807, 2.05) is 6.92 Å². The van der Waals surface area contributed by atoms with Gasteiger partial charge in [-0.3, -0.25) is 4.79 Å². The third-order valence-electron chi connectivity index (χ3n) is 3.79. The number of hydrogen-bond acceptors (Lipinski definition) is 5. The molecule has 0 aliphatic rings. The third-order valence-corrected chi connectivity index (χ3v) is 5.19. The fourth-order valence-electron chi connectivity index (χ4n) is 2.36. The molecule has 25 heavy (non-hydrogen) atoms. The summed E-state index contributed by atoms with van der Waals surface area (Å²) < 4.78 is 39.1. The van der Waals surface area contributed by atoms with E-state index in [0.29, 0.717) is 17.9 Å². The summed E-state index contributed by atoms with van der Waals surface area (Å²) in [6.45, 7) is 4.24. The van der Waals surface area contributed by atoms with Crippen LogP contribution in [0, 0.1) is 12.7 Å². The molecular formula is C16H21FN4O3S. The van der Waals surface area contributed by atoms with Crippen molar-refractivity contribution in [3.05, 3.63) is 47.0 Å². The molecule has 0 aliphatic carbocycles. The maximum Gasteiger partial charge on any atom is 0.237 e. The van der Waals surface area contributed by atoms with Crippen molar-refractivity contribution >= 4 is 15.7 Å². The molecule has 2 aromatic rings. The molecule has 0 saturated heterocycles. The predicted octanol–water partition coefficient (Wildman–Crippen LogP) is 1.32. The van der Waals surface area contributed by atoms with E-state index in [1.54, 1.807) is 19.1 Å². The SMILES string of the molecule is CCn1nnc(C)c1CS(=O)(=O)CC(=O)N(C)Cc1ccc(F)cc1. The van der Waals surface area contributed by atoms with Crippen molar-refractivity contribution in [1.29, 1.82) is 0 Å². The summed E-state index contributed by atoms with van der Waals surface area (Å²) in [6.07, 6.45) is 0. The first-order valence-corrected chi connectivity index (χ1v) is 9.61. The molecule has 7 nitrogen and oxygen atoms in total. The van der Waals surface area contributed by atoms with E-state index in [2.05, 4.69) is 10.3 Å². The third kappa shape index (κ3) is 5.09. The molecule has 9 heteroatoms. The summed E-state index contributed by atoms with van der Waals surface area (Å²) in [5, 5.41) is 7.74. The Balaban J connectivity index is 2.02. The maximum atomic E-state index is 12.9. The summed E-state index contributed by atoms with van der Waals surface area (Å²) >= 11 is 0. The number of carbonyl (C=O) groups excluding carboxylic acids is 1. The minimum Gasteiger partial charge on any atom is -0.341 e. The number of nitrogens with zero attached hydrogens (tertiary/aromatic N) is 4. The van der Waals surface area contributed by atoms with Gasteiger partial charge < -0.3 is 4.90 Å². The van der Waals surface area contributed by atoms with E-state index < -0.39 is 21.5 Å². The molecule has 0 aliphatic heterocycles. The van der Waals surface area contributed by atoms with Crippen LogP contribution in [0.3, 0.4) is 0 Å². The van der Waals surface area contributed by atoms with Gasteiger partial charge in [-0.05, 0) is 31.5 Å². The molecule has 0 atom stereocenters. The van der Waals surface area contributed by atoms with Crippen LogP contribution in [0.5, 0.6) is 0 Å². The first-order valence-electron chi connectivity index (χ1n) is 7.79. The lowest BCUT2D eigenvalue weighted by Crippen LogP contribution is -2.32. The number of hydrogen-bond donors (Lipinski definition) is 0. The van der Waals surface area contributed by atoms with Crippen LogP contribution < -0.4 is 0 Å². The van der Waals surface area contributed by atoms with Gasteiger partial charge in [0.15, 0.2) is 9.84 Å². The molecule has 136 valence electrons. The van der Waals surface area contributed by atoms with E-state index in [0.717, 1.165) is 5.56 Å². The Labute approximate surface area is 146 Å². The molecule has 0 fully saturated rings. The van der Waals surface area contributed by atoms with Gasteiger partial charge in [0.2, 0.25) is 5.91 Å². The number of benzene rings is 1. The Kier molecular flexibility index (Phi) is 5.89. The van der Waals surface area contributed by atoms with Crippen LogP contribution in [0.2, 0.25) is 0 Å². The number of aromatic nitrogens is 3. The molecule has 0 saturated carbocycles. The smallest absolute Gasteiger partial charge is 0.237 e. The Bertz CT molecular complexity index is 847. The lowest BCUT2D eigenvalue weighted by Gasteiger charge is -2.17. The second-order valence-electron chi connectivity index (χ2n) is 5.85. The number of aryl methyl sites for hydroxylation is 2. The summed E-state index contributed by atoms with van der Waals surface area (Å²) in [4.78, 5) is 13.5. The lowest BCUT2D eigenvalue weighted by molar-refractivity contribution is -0.127. The van der Waals surface area contributed by atoms with Crippen LogP contribution in [0.25, 0.3) is 0 Å². The highest BCUT2D eigenvalue weighted by atomic mass is 32.2. The molecule has 0 unspecified atom stereocenters. The molecule has 0 radical (unpaired) electrons. The van der Waals surface area contributed by atoms with E-state index in [1.165, 1.54) is 28.8 Å². The highest BCUT2D eigenvalue weighted by Gasteiger charge is 2.23. The van der Waals surface area contributed by atoms with Crippen molar-refractivity contribution in [2.75, 3.05) is 12.8 Å². The van der Waals surface area contributed by atoms with E-state index in [4.69, 9.17) is 0 Å². The van der Waals surface area contributed by atoms with Crippen molar-refractivity contribution in [3.63, 3.8) is 0 Å². The molecule has 0 N–H and O–H groups in total. The zero-order valence-corrected chi connectivity index (χ0v) is 15.3. The van der Waals surface area contributed by atoms with E-state index >= 15 is 0 Å². The van der Waals surface area contributed by atoms with E-state index in [9.17, 15) is 17.6 Å². The van der Waals surface area contributed by atoms with Crippen LogP contribution in [-0.2, 0) is 33.5 Å². The Morgan fingerprint density at radius 1 is 1.28 bits per heavy atom. The minimum atomic E-state index is -3.65. The summed E-state index contributed by atoms with van der Waals surface area (Å²) in [7, 11) is -2.14. The topological polar surface area (TPSA) is 85.2 Å². The zero-order valence-electron chi connectivity index (χ0n) is 14.4. The molecule has 1 heterocycles. The first-order chi connectivity index (χ1) is 11.7. The van der Waals surface area contributed by atoms with Crippen LogP contribution in [0.15, 0.2) is 24.3 Å². The van der Waals surface area contributed by atoms with Crippen molar-refractivity contribution in [2.24, 2.45) is 0 Å². The number of rotatable bonds is 7. The van der Waals surface area contributed by atoms with Gasteiger partial charge in [-0.2, -0.15) is 0 Å². The van der Waals surface area contributed by atoms with Crippen LogP contribution >= 0.6 is 0 Å². The van der Waals surface area contributed by atoms with E-state index in [-0.39, 0.29) is 18.1 Å². The molecular weight excluding hydrogens is 347 g/mol. The van der Waals surface area contributed by atoms with Gasteiger partial charge in [0, 0.05) is 20.1 Å². The molecule has 1 aromatic heterocycles. The van der Waals surface area contributed by atoms with Gasteiger partial charge >= 0.3 is 0 Å². The van der Waals surface area contributed by atoms with Gasteiger partial charge in [0.25, 0.3) is 0 Å². The highest BCUT2D eigenvalue weighted by Crippen LogP contribution is 2.12. The number of halogens is 1. The van der Waals surface area contributed by atoms with Crippen LogP contribution in [-0.4, -0.2) is 47.0 Å². The average molecular weight is 368 g/mol. The van der Waals surface area contributed by atoms with Gasteiger partial charge in [-0.15, -0.1) is 5.10 Å². The summed E-state index contributed by atoms with van der Waals surface area (Å²) in [6, 6.07) is 5.71. The van der Waals surface area contributed by atoms with Crippen molar-refractivity contribution < 1.29 is 17.6 Å². The second-order valence-corrected chi connectivity index (χ2v) is 7.91. The Morgan fingerprint density at radius 3 is 2.52 bits per heavy atom. The average Bonchev–Trinajstić information content (AvgIpc) is 2.88. The number of carbonyl (C=O) groups is 1. The summed E-state index contributed by atoms with van der Waals surface area (Å²) in [5.74, 6) is -1.76. The standard InChI is InChI=1S/C16H21FN4O3S/c1-4-21-15(12(2)18-19-21)10-25(23,24)11-16(22)20(3)9-13-5-7-14(17)8-6-13/h5-8H,4,9-11H2,1-3H3. The monoisotopic (exact) mass is 368 g/mol. The molecule has 2 rings (SSSR count). The maximum absolute atomic E-state index is 12.9. The van der Waals surface area contributed by atoms with Crippen LogP contribution in [0.4, 0.5) is 4.39 Å². The zero-order chi connectivity index (χ0) is 18.6. The molecule has 0 bridgehead atoms. The van der Waals surface area contributed by atoms with Crippen LogP contribution in [0.1, 0.15) is 23.9 Å². The Morgan fingerprint density at radius 2 is 1.92 bits per heavy atom. The molecule has 1 aromatic carbocycles. The minimum absolute atomic E-state index is 0.210. The normalized spacial score (nSPS) is 11.5.